The molecule has 6 heteroatoms. The SMILES string of the molecule is CCS(=O)(=O)Nc1ncc(N)cc1C. The van der Waals surface area contributed by atoms with E-state index in [4.69, 9.17) is 5.73 Å². The van der Waals surface area contributed by atoms with E-state index in [-0.39, 0.29) is 5.75 Å². The average Bonchev–Trinajstić information content (AvgIpc) is 2.10. The molecule has 14 heavy (non-hydrogen) atoms. The summed E-state index contributed by atoms with van der Waals surface area (Å²) >= 11 is 0. The van der Waals surface area contributed by atoms with Crippen LogP contribution in [0.15, 0.2) is 12.3 Å². The van der Waals surface area contributed by atoms with Gasteiger partial charge >= 0.3 is 0 Å². The summed E-state index contributed by atoms with van der Waals surface area (Å²) in [7, 11) is -3.26. The van der Waals surface area contributed by atoms with Gasteiger partial charge in [0.05, 0.1) is 17.6 Å². The Morgan fingerprint density at radius 1 is 1.57 bits per heavy atom. The van der Waals surface area contributed by atoms with E-state index in [2.05, 4.69) is 9.71 Å². The van der Waals surface area contributed by atoms with E-state index in [1.807, 2.05) is 0 Å². The van der Waals surface area contributed by atoms with E-state index >= 15 is 0 Å². The van der Waals surface area contributed by atoms with Gasteiger partial charge in [-0.3, -0.25) is 4.72 Å². The Labute approximate surface area is 83.4 Å². The van der Waals surface area contributed by atoms with Gasteiger partial charge in [0.25, 0.3) is 0 Å². The molecule has 3 N–H and O–H groups in total. The Bertz CT molecular complexity index is 428. The van der Waals surface area contributed by atoms with E-state index in [0.717, 1.165) is 0 Å². The van der Waals surface area contributed by atoms with Crippen molar-refractivity contribution < 1.29 is 8.42 Å². The second-order valence-electron chi connectivity index (χ2n) is 2.94. The number of nitrogens with two attached hydrogens (primary N) is 1. The van der Waals surface area contributed by atoms with Gasteiger partial charge in [-0.15, -0.1) is 0 Å². The van der Waals surface area contributed by atoms with E-state index in [1.165, 1.54) is 6.20 Å². The summed E-state index contributed by atoms with van der Waals surface area (Å²) in [5.74, 6) is 0.361. The van der Waals surface area contributed by atoms with Gasteiger partial charge < -0.3 is 5.73 Å². The molecule has 1 rings (SSSR count). The lowest BCUT2D eigenvalue weighted by molar-refractivity contribution is 0.602. The summed E-state index contributed by atoms with van der Waals surface area (Å²) in [5.41, 5.74) is 6.71. The maximum Gasteiger partial charge on any atom is 0.233 e. The van der Waals surface area contributed by atoms with Crippen molar-refractivity contribution >= 4 is 21.5 Å². The third-order valence-corrected chi connectivity index (χ3v) is 3.00. The number of hydrogen-bond acceptors (Lipinski definition) is 4. The van der Waals surface area contributed by atoms with Gasteiger partial charge in [0.15, 0.2) is 0 Å². The smallest absolute Gasteiger partial charge is 0.233 e. The summed E-state index contributed by atoms with van der Waals surface area (Å²) < 4.78 is 24.8. The number of nitrogens with zero attached hydrogens (tertiary/aromatic N) is 1. The minimum absolute atomic E-state index is 0.0263. The molecule has 0 aliphatic heterocycles. The molecule has 78 valence electrons. The van der Waals surface area contributed by atoms with Crippen LogP contribution in [0.1, 0.15) is 12.5 Å². The number of hydrogen-bond donors (Lipinski definition) is 2. The molecule has 0 saturated carbocycles. The van der Waals surface area contributed by atoms with E-state index in [9.17, 15) is 8.42 Å². The highest BCUT2D eigenvalue weighted by Crippen LogP contribution is 2.14. The van der Waals surface area contributed by atoms with Crippen LogP contribution in [-0.4, -0.2) is 19.2 Å². The normalized spacial score (nSPS) is 11.3. The Morgan fingerprint density at radius 3 is 2.71 bits per heavy atom. The molecule has 5 nitrogen and oxygen atoms in total. The first-order valence-corrected chi connectivity index (χ1v) is 5.82. The molecule has 0 radical (unpaired) electrons. The highest BCUT2D eigenvalue weighted by Gasteiger charge is 2.09. The van der Waals surface area contributed by atoms with Crippen LogP contribution in [0.25, 0.3) is 0 Å². The van der Waals surface area contributed by atoms with Crippen molar-refractivity contribution in [2.24, 2.45) is 0 Å². The summed E-state index contributed by atoms with van der Waals surface area (Å²) in [4.78, 5) is 3.90. The number of nitrogen functional groups attached to an aromatic ring is 1. The summed E-state index contributed by atoms with van der Waals surface area (Å²) in [6.45, 7) is 3.31. The summed E-state index contributed by atoms with van der Waals surface area (Å²) in [6.07, 6.45) is 1.42. The van der Waals surface area contributed by atoms with Gasteiger partial charge in [-0.05, 0) is 25.5 Å². The van der Waals surface area contributed by atoms with Crippen LogP contribution < -0.4 is 10.5 Å². The third kappa shape index (κ3) is 2.59. The topological polar surface area (TPSA) is 85.1 Å². The lowest BCUT2D eigenvalue weighted by Crippen LogP contribution is -2.16. The Kier molecular flexibility index (Phi) is 2.95. The van der Waals surface area contributed by atoms with Gasteiger partial charge in [-0.1, -0.05) is 0 Å². The van der Waals surface area contributed by atoms with Crippen molar-refractivity contribution in [1.82, 2.24) is 4.98 Å². The minimum Gasteiger partial charge on any atom is -0.397 e. The second-order valence-corrected chi connectivity index (χ2v) is 4.95. The van der Waals surface area contributed by atoms with Crippen LogP contribution in [0.2, 0.25) is 0 Å². The van der Waals surface area contributed by atoms with E-state index < -0.39 is 10.0 Å². The first-order chi connectivity index (χ1) is 6.44. The zero-order valence-electron chi connectivity index (χ0n) is 8.11. The molecule has 0 aliphatic carbocycles. The first kappa shape index (κ1) is 10.8. The molecule has 0 unspecified atom stereocenters. The zero-order valence-corrected chi connectivity index (χ0v) is 8.93. The highest BCUT2D eigenvalue weighted by molar-refractivity contribution is 7.92. The molecule has 1 aromatic heterocycles. The van der Waals surface area contributed by atoms with E-state index in [0.29, 0.717) is 17.1 Å². The highest BCUT2D eigenvalue weighted by atomic mass is 32.2. The van der Waals surface area contributed by atoms with Crippen molar-refractivity contribution in [2.75, 3.05) is 16.2 Å². The largest absolute Gasteiger partial charge is 0.397 e. The van der Waals surface area contributed by atoms with Gasteiger partial charge in [-0.2, -0.15) is 0 Å². The van der Waals surface area contributed by atoms with Crippen LogP contribution in [0.3, 0.4) is 0 Å². The average molecular weight is 215 g/mol. The van der Waals surface area contributed by atoms with Crippen LogP contribution in [0.4, 0.5) is 11.5 Å². The predicted molar refractivity (Wildman–Crippen MR) is 56.5 cm³/mol. The number of aryl methyl sites for hydroxylation is 1. The van der Waals surface area contributed by atoms with Crippen molar-refractivity contribution in [3.63, 3.8) is 0 Å². The van der Waals surface area contributed by atoms with Crippen molar-refractivity contribution in [3.8, 4) is 0 Å². The molecule has 1 heterocycles. The number of nitrogens with one attached hydrogen (secondary N) is 1. The molecule has 0 atom stereocenters. The maximum atomic E-state index is 11.2. The van der Waals surface area contributed by atoms with Crippen molar-refractivity contribution in [3.05, 3.63) is 17.8 Å². The van der Waals surface area contributed by atoms with E-state index in [1.54, 1.807) is 19.9 Å². The fraction of sp³-hybridized carbons (Fsp3) is 0.375. The fourth-order valence-corrected chi connectivity index (χ4v) is 1.58. The molecule has 0 bridgehead atoms. The number of aromatic nitrogens is 1. The Morgan fingerprint density at radius 2 is 2.21 bits per heavy atom. The molecular weight excluding hydrogens is 202 g/mol. The number of rotatable bonds is 3. The lowest BCUT2D eigenvalue weighted by Gasteiger charge is -2.07. The minimum atomic E-state index is -3.26. The first-order valence-electron chi connectivity index (χ1n) is 4.17. The maximum absolute atomic E-state index is 11.2. The fourth-order valence-electron chi connectivity index (χ4n) is 0.923. The monoisotopic (exact) mass is 215 g/mol. The van der Waals surface area contributed by atoms with Crippen molar-refractivity contribution in [2.45, 2.75) is 13.8 Å². The van der Waals surface area contributed by atoms with Gasteiger partial charge in [0.2, 0.25) is 10.0 Å². The number of pyridine rings is 1. The van der Waals surface area contributed by atoms with Crippen LogP contribution >= 0.6 is 0 Å². The lowest BCUT2D eigenvalue weighted by atomic mass is 10.3. The molecular formula is C8H13N3O2S. The van der Waals surface area contributed by atoms with Crippen molar-refractivity contribution in [1.29, 1.82) is 0 Å². The quantitative estimate of drug-likeness (QED) is 0.778. The molecule has 0 aromatic carbocycles. The van der Waals surface area contributed by atoms with Crippen LogP contribution in [-0.2, 0) is 10.0 Å². The Hall–Kier alpha value is -1.30. The number of anilines is 2. The molecule has 0 aliphatic rings. The van der Waals surface area contributed by atoms with Crippen LogP contribution in [0, 0.1) is 6.92 Å². The van der Waals surface area contributed by atoms with Gasteiger partial charge in [0, 0.05) is 0 Å². The molecule has 0 fully saturated rings. The molecule has 0 amide bonds. The third-order valence-electron chi connectivity index (χ3n) is 1.73. The predicted octanol–water partition coefficient (Wildman–Crippen LogP) is 0.734. The molecule has 0 saturated heterocycles. The number of sulfonamides is 1. The standard InChI is InChI=1S/C8H13N3O2S/c1-3-14(12,13)11-8-6(2)4-7(9)5-10-8/h4-5H,3,9H2,1-2H3,(H,10,11). The van der Waals surface area contributed by atoms with Gasteiger partial charge in [0.1, 0.15) is 5.82 Å². The van der Waals surface area contributed by atoms with Gasteiger partial charge in [-0.25, -0.2) is 13.4 Å². The summed E-state index contributed by atoms with van der Waals surface area (Å²) in [5, 5.41) is 0. The zero-order chi connectivity index (χ0) is 10.8. The molecule has 0 spiro atoms. The van der Waals surface area contributed by atoms with Crippen LogP contribution in [0.5, 0.6) is 0 Å². The Balaban J connectivity index is 2.99. The second kappa shape index (κ2) is 3.83. The molecule has 1 aromatic rings. The summed E-state index contributed by atoms with van der Waals surface area (Å²) in [6, 6.07) is 1.67.